The van der Waals surface area contributed by atoms with Crippen LogP contribution in [0, 0.1) is 0 Å². The molecule has 9 heteroatoms. The third-order valence-electron chi connectivity index (χ3n) is 5.41. The first-order valence-electron chi connectivity index (χ1n) is 10.9. The van der Waals surface area contributed by atoms with E-state index in [1.165, 1.54) is 11.9 Å². The number of hydrogen-bond donors (Lipinski definition) is 3. The number of fused-ring (bicyclic) bond motifs is 1. The molecule has 3 rings (SSSR count). The molecule has 1 aliphatic rings. The summed E-state index contributed by atoms with van der Waals surface area (Å²) in [5, 5.41) is 13.2. The lowest BCUT2D eigenvalue weighted by Crippen LogP contribution is -2.43. The quantitative estimate of drug-likeness (QED) is 0.261. The maximum Gasteiger partial charge on any atom is 0.471 e. The van der Waals surface area contributed by atoms with Crippen molar-refractivity contribution in [2.45, 2.75) is 37.4 Å². The fraction of sp³-hybridized carbons (Fsp3) is 0.320. The lowest BCUT2D eigenvalue weighted by atomic mass is 10.00. The van der Waals surface area contributed by atoms with Crippen LogP contribution in [0.15, 0.2) is 65.7 Å². The van der Waals surface area contributed by atoms with Crippen LogP contribution in [0.2, 0.25) is 0 Å². The molecule has 0 atom stereocenters. The minimum Gasteiger partial charge on any atom is -0.507 e. The molecule has 0 spiro atoms. The molecule has 2 aromatic rings. The van der Waals surface area contributed by atoms with Crippen LogP contribution in [0.3, 0.4) is 0 Å². The number of aromatic hydroxyl groups is 1. The van der Waals surface area contributed by atoms with Crippen LogP contribution in [0.25, 0.3) is 5.57 Å². The van der Waals surface area contributed by atoms with E-state index in [-0.39, 0.29) is 18.8 Å². The van der Waals surface area contributed by atoms with Gasteiger partial charge in [0.25, 0.3) is 0 Å². The van der Waals surface area contributed by atoms with Gasteiger partial charge in [-0.1, -0.05) is 30.8 Å². The predicted molar refractivity (Wildman–Crippen MR) is 129 cm³/mol. The number of para-hydroxylation sites is 1. The highest BCUT2D eigenvalue weighted by Crippen LogP contribution is 2.28. The molecule has 1 aliphatic heterocycles. The van der Waals surface area contributed by atoms with Crippen LogP contribution in [-0.2, 0) is 17.8 Å². The summed E-state index contributed by atoms with van der Waals surface area (Å²) in [4.78, 5) is 13.3. The molecule has 0 saturated carbocycles. The Hall–Kier alpha value is -2.91. The summed E-state index contributed by atoms with van der Waals surface area (Å²) in [7, 11) is 0. The number of amides is 1. The van der Waals surface area contributed by atoms with Crippen LogP contribution >= 0.6 is 11.9 Å². The maximum atomic E-state index is 12.7. The number of carbonyl (C=O) groups is 1. The molecule has 182 valence electrons. The van der Waals surface area contributed by atoms with Crippen molar-refractivity contribution in [3.05, 3.63) is 77.5 Å². The summed E-state index contributed by atoms with van der Waals surface area (Å²) in [6, 6.07) is 12.8. The lowest BCUT2D eigenvalue weighted by molar-refractivity contribution is -0.186. The number of nitrogens with zero attached hydrogens (tertiary/aromatic N) is 1. The van der Waals surface area contributed by atoms with Gasteiger partial charge in [-0.3, -0.25) is 9.52 Å². The number of phenolic OH excluding ortho intramolecular Hbond substituents is 1. The molecule has 5 nitrogen and oxygen atoms in total. The van der Waals surface area contributed by atoms with Gasteiger partial charge in [-0.2, -0.15) is 13.2 Å². The average Bonchev–Trinajstić information content (AvgIpc) is 2.79. The second kappa shape index (κ2) is 11.5. The topological polar surface area (TPSA) is 64.6 Å². The first-order chi connectivity index (χ1) is 16.1. The zero-order chi connectivity index (χ0) is 24.7. The zero-order valence-corrected chi connectivity index (χ0v) is 19.7. The van der Waals surface area contributed by atoms with Crippen LogP contribution < -0.4 is 10.0 Å². The van der Waals surface area contributed by atoms with Gasteiger partial charge < -0.3 is 15.3 Å². The van der Waals surface area contributed by atoms with Crippen LogP contribution in [0.1, 0.15) is 30.0 Å². The molecular weight excluding hydrogens is 463 g/mol. The summed E-state index contributed by atoms with van der Waals surface area (Å²) >= 11 is 1.42. The van der Waals surface area contributed by atoms with E-state index in [1.54, 1.807) is 12.1 Å². The largest absolute Gasteiger partial charge is 0.507 e. The van der Waals surface area contributed by atoms with Gasteiger partial charge in [-0.05, 0) is 72.7 Å². The highest BCUT2D eigenvalue weighted by Gasteiger charge is 2.43. The minimum atomic E-state index is -4.84. The Morgan fingerprint density at radius 1 is 1.21 bits per heavy atom. The molecule has 34 heavy (non-hydrogen) atoms. The number of halogens is 3. The van der Waals surface area contributed by atoms with E-state index in [2.05, 4.69) is 16.6 Å². The first kappa shape index (κ1) is 25.7. The van der Waals surface area contributed by atoms with Crippen molar-refractivity contribution in [2.75, 3.05) is 19.6 Å². The Kier molecular flexibility index (Phi) is 8.68. The Labute approximate surface area is 201 Å². The molecule has 0 fully saturated rings. The molecule has 3 N–H and O–H groups in total. The van der Waals surface area contributed by atoms with Crippen molar-refractivity contribution >= 4 is 23.4 Å². The van der Waals surface area contributed by atoms with Crippen molar-refractivity contribution in [1.29, 1.82) is 0 Å². The Morgan fingerprint density at radius 3 is 2.71 bits per heavy atom. The van der Waals surface area contributed by atoms with Gasteiger partial charge in [0, 0.05) is 42.3 Å². The number of allylic oxidation sites excluding steroid dienone is 3. The second-order valence-corrected chi connectivity index (χ2v) is 9.02. The number of nitrogens with one attached hydrogen (secondary N) is 2. The smallest absolute Gasteiger partial charge is 0.471 e. The van der Waals surface area contributed by atoms with Crippen molar-refractivity contribution in [3.8, 4) is 5.75 Å². The fourth-order valence-corrected chi connectivity index (χ4v) is 4.42. The normalized spacial score (nSPS) is 14.0. The van der Waals surface area contributed by atoms with E-state index < -0.39 is 12.1 Å². The highest BCUT2D eigenvalue weighted by molar-refractivity contribution is 7.97. The minimum absolute atomic E-state index is 0.0242. The van der Waals surface area contributed by atoms with Crippen molar-refractivity contribution < 1.29 is 23.1 Å². The summed E-state index contributed by atoms with van der Waals surface area (Å²) in [6.45, 7) is 7.46. The number of benzene rings is 2. The standard InChI is InChI=1S/C25H28F3N3O2S/c1-17(22-6-3-4-7-23(22)32)14-18(2)29-11-5-12-30-34-21-9-8-19-10-13-31(16-20(19)15-21)24(33)25(26,27)28/h3-4,6-9,14-15,29-30,32H,1,5,10-13,16H2,2H3/b18-14+. The monoisotopic (exact) mass is 491 g/mol. The molecule has 0 aliphatic carbocycles. The van der Waals surface area contributed by atoms with Crippen molar-refractivity contribution in [2.24, 2.45) is 0 Å². The molecule has 0 radical (unpaired) electrons. The molecule has 0 aromatic heterocycles. The zero-order valence-electron chi connectivity index (χ0n) is 18.9. The van der Waals surface area contributed by atoms with Gasteiger partial charge >= 0.3 is 12.1 Å². The van der Waals surface area contributed by atoms with Gasteiger partial charge in [0.2, 0.25) is 0 Å². The van der Waals surface area contributed by atoms with Gasteiger partial charge in [0.15, 0.2) is 0 Å². The van der Waals surface area contributed by atoms with Crippen LogP contribution in [-0.4, -0.2) is 41.7 Å². The molecule has 0 bridgehead atoms. The van der Waals surface area contributed by atoms with Crippen molar-refractivity contribution in [1.82, 2.24) is 14.9 Å². The lowest BCUT2D eigenvalue weighted by Gasteiger charge is -2.29. The first-order valence-corrected chi connectivity index (χ1v) is 11.7. The third-order valence-corrected chi connectivity index (χ3v) is 6.25. The van der Waals surface area contributed by atoms with Crippen LogP contribution in [0.4, 0.5) is 13.2 Å². The van der Waals surface area contributed by atoms with E-state index >= 15 is 0 Å². The fourth-order valence-electron chi connectivity index (χ4n) is 3.67. The molecule has 1 amide bonds. The van der Waals surface area contributed by atoms with Gasteiger partial charge in [0.05, 0.1) is 0 Å². The summed E-state index contributed by atoms with van der Waals surface area (Å²) in [6.07, 6.45) is -1.69. The predicted octanol–water partition coefficient (Wildman–Crippen LogP) is 5.03. The molecule has 2 aromatic carbocycles. The summed E-state index contributed by atoms with van der Waals surface area (Å²) in [5.74, 6) is -1.59. The van der Waals surface area contributed by atoms with E-state index in [0.717, 1.165) is 51.7 Å². The van der Waals surface area contributed by atoms with E-state index in [0.29, 0.717) is 12.0 Å². The number of hydrogen-bond acceptors (Lipinski definition) is 5. The summed E-state index contributed by atoms with van der Waals surface area (Å²) < 4.78 is 41.5. The van der Waals surface area contributed by atoms with Crippen LogP contribution in [0.5, 0.6) is 5.75 Å². The Bertz CT molecular complexity index is 1070. The highest BCUT2D eigenvalue weighted by atomic mass is 32.2. The van der Waals surface area contributed by atoms with E-state index in [9.17, 15) is 23.1 Å². The molecule has 0 saturated heterocycles. The second-order valence-electron chi connectivity index (χ2n) is 8.05. The molecule has 0 unspecified atom stereocenters. The Morgan fingerprint density at radius 2 is 1.97 bits per heavy atom. The number of phenols is 1. The van der Waals surface area contributed by atoms with Gasteiger partial charge in [-0.25, -0.2) is 0 Å². The van der Waals surface area contributed by atoms with Gasteiger partial charge in [0.1, 0.15) is 5.75 Å². The number of rotatable bonds is 9. The van der Waals surface area contributed by atoms with Crippen molar-refractivity contribution in [3.63, 3.8) is 0 Å². The number of alkyl halides is 3. The maximum absolute atomic E-state index is 12.7. The number of carbonyl (C=O) groups excluding carboxylic acids is 1. The molecule has 1 heterocycles. The van der Waals surface area contributed by atoms with Gasteiger partial charge in [-0.15, -0.1) is 0 Å². The molecular formula is C25H28F3N3O2S. The van der Waals surface area contributed by atoms with E-state index in [4.69, 9.17) is 0 Å². The Balaban J connectivity index is 1.41. The summed E-state index contributed by atoms with van der Waals surface area (Å²) in [5.41, 5.74) is 4.08. The SMILES string of the molecule is C=C(/C=C(\C)NCCCNSc1ccc2c(c1)CN(C(=O)C(F)(F)F)CC2)c1ccccc1O. The third kappa shape index (κ3) is 7.04. The average molecular weight is 492 g/mol. The van der Waals surface area contributed by atoms with E-state index in [1.807, 2.05) is 43.3 Å².